The molecule has 2 aromatic rings. The molecule has 1 N–H and O–H groups in total. The highest BCUT2D eigenvalue weighted by Gasteiger charge is 2.22. The smallest absolute Gasteiger partial charge is 0.283 e. The molecule has 0 aliphatic rings. The van der Waals surface area contributed by atoms with E-state index in [1.54, 1.807) is 0 Å². The zero-order valence-electron chi connectivity index (χ0n) is 9.63. The monoisotopic (exact) mass is 296 g/mol. The lowest BCUT2D eigenvalue weighted by atomic mass is 10.1. The molecule has 2 rings (SSSR count). The molecule has 1 aromatic heterocycles. The van der Waals surface area contributed by atoms with Gasteiger partial charge in [-0.1, -0.05) is 17.7 Å². The van der Waals surface area contributed by atoms with Crippen molar-refractivity contribution >= 4 is 34.5 Å². The van der Waals surface area contributed by atoms with Crippen LogP contribution >= 0.6 is 22.9 Å². The van der Waals surface area contributed by atoms with Gasteiger partial charge in [0.25, 0.3) is 11.6 Å². The molecule has 1 aromatic carbocycles. The fraction of sp³-hybridized carbons (Fsp3) is 0.0833. The van der Waals surface area contributed by atoms with Crippen molar-refractivity contribution in [1.82, 2.24) is 5.32 Å². The molecule has 0 spiro atoms. The summed E-state index contributed by atoms with van der Waals surface area (Å²) in [6.07, 6.45) is 0. The molecule has 0 aliphatic carbocycles. The van der Waals surface area contributed by atoms with E-state index in [1.165, 1.54) is 29.5 Å². The molecule has 0 saturated heterocycles. The minimum absolute atomic E-state index is 0.0667. The molecule has 0 saturated carbocycles. The van der Waals surface area contributed by atoms with Crippen LogP contribution < -0.4 is 5.32 Å². The van der Waals surface area contributed by atoms with Crippen LogP contribution in [0.25, 0.3) is 0 Å². The van der Waals surface area contributed by atoms with Crippen molar-refractivity contribution in [2.45, 2.75) is 6.54 Å². The normalized spacial score (nSPS) is 10.2. The Balaban J connectivity index is 2.21. The number of thiophene rings is 1. The van der Waals surface area contributed by atoms with Gasteiger partial charge in [-0.3, -0.25) is 14.9 Å². The van der Waals surface area contributed by atoms with Crippen molar-refractivity contribution in [3.8, 4) is 0 Å². The molecule has 5 nitrogen and oxygen atoms in total. The molecular weight excluding hydrogens is 288 g/mol. The number of nitrogens with zero attached hydrogens (tertiary/aromatic N) is 1. The summed E-state index contributed by atoms with van der Waals surface area (Å²) in [6, 6.07) is 6.02. The summed E-state index contributed by atoms with van der Waals surface area (Å²) in [5.41, 5.74) is 0.535. The Bertz CT molecular complexity index is 613. The SMILES string of the molecule is O=C(NCc1ccsc1)c1c(Cl)cccc1[N+](=O)[O-]. The molecule has 0 atom stereocenters. The van der Waals surface area contributed by atoms with E-state index in [0.717, 1.165) is 5.56 Å². The number of rotatable bonds is 4. The summed E-state index contributed by atoms with van der Waals surface area (Å²) in [6.45, 7) is 0.310. The van der Waals surface area contributed by atoms with Crippen LogP contribution in [-0.2, 0) is 6.54 Å². The van der Waals surface area contributed by atoms with E-state index in [0.29, 0.717) is 6.54 Å². The quantitative estimate of drug-likeness (QED) is 0.695. The lowest BCUT2D eigenvalue weighted by Crippen LogP contribution is -2.23. The van der Waals surface area contributed by atoms with Gasteiger partial charge in [0.1, 0.15) is 5.56 Å². The molecule has 0 fully saturated rings. The third kappa shape index (κ3) is 3.10. The molecule has 7 heteroatoms. The Morgan fingerprint density at radius 2 is 2.21 bits per heavy atom. The molecule has 0 bridgehead atoms. The first-order valence-corrected chi connectivity index (χ1v) is 6.64. The molecule has 0 radical (unpaired) electrons. The number of nitrogens with one attached hydrogen (secondary N) is 1. The average molecular weight is 297 g/mol. The van der Waals surface area contributed by atoms with Crippen LogP contribution in [0.2, 0.25) is 5.02 Å². The van der Waals surface area contributed by atoms with Gasteiger partial charge in [0.05, 0.1) is 9.95 Å². The summed E-state index contributed by atoms with van der Waals surface area (Å²) in [4.78, 5) is 22.2. The van der Waals surface area contributed by atoms with Gasteiger partial charge in [-0.15, -0.1) is 0 Å². The van der Waals surface area contributed by atoms with Gasteiger partial charge in [0.15, 0.2) is 0 Å². The largest absolute Gasteiger partial charge is 0.348 e. The maximum Gasteiger partial charge on any atom is 0.283 e. The predicted octanol–water partition coefficient (Wildman–Crippen LogP) is 3.24. The van der Waals surface area contributed by atoms with E-state index in [2.05, 4.69) is 5.32 Å². The number of carbonyl (C=O) groups is 1. The van der Waals surface area contributed by atoms with Crippen molar-refractivity contribution in [2.75, 3.05) is 0 Å². The van der Waals surface area contributed by atoms with Crippen molar-refractivity contribution in [3.63, 3.8) is 0 Å². The zero-order valence-corrected chi connectivity index (χ0v) is 11.2. The van der Waals surface area contributed by atoms with Crippen LogP contribution in [-0.4, -0.2) is 10.8 Å². The number of nitro groups is 1. The Kier molecular flexibility index (Phi) is 4.13. The van der Waals surface area contributed by atoms with Crippen LogP contribution in [0.3, 0.4) is 0 Å². The number of hydrogen-bond donors (Lipinski definition) is 1. The van der Waals surface area contributed by atoms with E-state index < -0.39 is 10.8 Å². The van der Waals surface area contributed by atoms with Crippen molar-refractivity contribution in [1.29, 1.82) is 0 Å². The number of amides is 1. The molecule has 0 unspecified atom stereocenters. The Morgan fingerprint density at radius 1 is 1.42 bits per heavy atom. The van der Waals surface area contributed by atoms with E-state index in [4.69, 9.17) is 11.6 Å². The highest BCUT2D eigenvalue weighted by Crippen LogP contribution is 2.26. The number of hydrogen-bond acceptors (Lipinski definition) is 4. The van der Waals surface area contributed by atoms with Crippen LogP contribution in [0.1, 0.15) is 15.9 Å². The number of nitro benzene ring substituents is 1. The second-order valence-electron chi connectivity index (χ2n) is 3.71. The van der Waals surface area contributed by atoms with E-state index in [1.807, 2.05) is 16.8 Å². The van der Waals surface area contributed by atoms with Crippen molar-refractivity contribution in [2.24, 2.45) is 0 Å². The zero-order chi connectivity index (χ0) is 13.8. The maximum absolute atomic E-state index is 12.0. The highest BCUT2D eigenvalue weighted by molar-refractivity contribution is 7.07. The van der Waals surface area contributed by atoms with E-state index in [9.17, 15) is 14.9 Å². The van der Waals surface area contributed by atoms with Gasteiger partial charge in [-0.2, -0.15) is 11.3 Å². The molecule has 1 heterocycles. The third-order valence-electron chi connectivity index (χ3n) is 2.45. The molecule has 98 valence electrons. The van der Waals surface area contributed by atoms with Gasteiger partial charge in [0.2, 0.25) is 0 Å². The number of carbonyl (C=O) groups excluding carboxylic acids is 1. The first-order chi connectivity index (χ1) is 9.09. The average Bonchev–Trinajstić information content (AvgIpc) is 2.88. The second-order valence-corrected chi connectivity index (χ2v) is 4.89. The fourth-order valence-corrected chi connectivity index (χ4v) is 2.48. The van der Waals surface area contributed by atoms with Crippen LogP contribution in [0.15, 0.2) is 35.0 Å². The standard InChI is InChI=1S/C12H9ClN2O3S/c13-9-2-1-3-10(15(17)18)11(9)12(16)14-6-8-4-5-19-7-8/h1-5,7H,6H2,(H,14,16). The van der Waals surface area contributed by atoms with Gasteiger partial charge >= 0.3 is 0 Å². The Hall–Kier alpha value is -1.92. The summed E-state index contributed by atoms with van der Waals surface area (Å²) < 4.78 is 0. The first-order valence-electron chi connectivity index (χ1n) is 5.32. The molecule has 1 amide bonds. The molecule has 19 heavy (non-hydrogen) atoms. The summed E-state index contributed by atoms with van der Waals surface area (Å²) >= 11 is 7.38. The van der Waals surface area contributed by atoms with E-state index >= 15 is 0 Å². The van der Waals surface area contributed by atoms with Gasteiger partial charge < -0.3 is 5.32 Å². The van der Waals surface area contributed by atoms with Crippen LogP contribution in [0.5, 0.6) is 0 Å². The van der Waals surface area contributed by atoms with Gasteiger partial charge in [-0.25, -0.2) is 0 Å². The Labute approximate surface area is 118 Å². The first kappa shape index (κ1) is 13.5. The number of benzene rings is 1. The lowest BCUT2D eigenvalue weighted by Gasteiger charge is -2.06. The molecular formula is C12H9ClN2O3S. The minimum atomic E-state index is -0.620. The summed E-state index contributed by atoms with van der Waals surface area (Å²) in [5, 5.41) is 17.3. The summed E-state index contributed by atoms with van der Waals surface area (Å²) in [5.74, 6) is -0.552. The third-order valence-corrected chi connectivity index (χ3v) is 3.50. The van der Waals surface area contributed by atoms with Crippen molar-refractivity contribution in [3.05, 3.63) is 61.3 Å². The fourth-order valence-electron chi connectivity index (χ4n) is 1.55. The van der Waals surface area contributed by atoms with Crippen LogP contribution in [0.4, 0.5) is 5.69 Å². The van der Waals surface area contributed by atoms with Gasteiger partial charge in [0, 0.05) is 12.6 Å². The summed E-state index contributed by atoms with van der Waals surface area (Å²) in [7, 11) is 0. The second kappa shape index (κ2) is 5.81. The minimum Gasteiger partial charge on any atom is -0.348 e. The van der Waals surface area contributed by atoms with Crippen LogP contribution in [0, 0.1) is 10.1 Å². The molecule has 0 aliphatic heterocycles. The van der Waals surface area contributed by atoms with E-state index in [-0.39, 0.29) is 16.3 Å². The lowest BCUT2D eigenvalue weighted by molar-refractivity contribution is -0.385. The van der Waals surface area contributed by atoms with Crippen molar-refractivity contribution < 1.29 is 9.72 Å². The number of halogens is 1. The highest BCUT2D eigenvalue weighted by atomic mass is 35.5. The Morgan fingerprint density at radius 3 is 2.84 bits per heavy atom. The topological polar surface area (TPSA) is 72.2 Å². The predicted molar refractivity (Wildman–Crippen MR) is 73.6 cm³/mol. The van der Waals surface area contributed by atoms with Gasteiger partial charge in [-0.05, 0) is 28.5 Å². The maximum atomic E-state index is 12.0.